The zero-order valence-electron chi connectivity index (χ0n) is 7.86. The summed E-state index contributed by atoms with van der Waals surface area (Å²) in [4.78, 5) is 22.7. The Labute approximate surface area is 82.6 Å². The number of nitrogens with one attached hydrogen (secondary N) is 1. The zero-order chi connectivity index (χ0) is 10.6. The van der Waals surface area contributed by atoms with Crippen LogP contribution < -0.4 is 5.32 Å². The Morgan fingerprint density at radius 3 is 2.79 bits per heavy atom. The van der Waals surface area contributed by atoms with E-state index in [-0.39, 0.29) is 11.8 Å². The molecule has 0 spiro atoms. The predicted molar refractivity (Wildman–Crippen MR) is 51.1 cm³/mol. The molecule has 4 nitrogen and oxygen atoms in total. The summed E-state index contributed by atoms with van der Waals surface area (Å²) in [5, 5.41) is 2.66. The Morgan fingerprint density at radius 2 is 2.36 bits per heavy atom. The zero-order valence-corrected chi connectivity index (χ0v) is 7.86. The Bertz CT molecular complexity index is 273. The molecule has 0 bridgehead atoms. The normalized spacial score (nSPS) is 22.3. The fourth-order valence-corrected chi connectivity index (χ4v) is 1.54. The third-order valence-corrected chi connectivity index (χ3v) is 2.25. The molecule has 14 heavy (non-hydrogen) atoms. The minimum absolute atomic E-state index is 0.115. The number of amides is 1. The Balaban J connectivity index is 2.69. The largest absolute Gasteiger partial charge is 0.435 e. The molecule has 0 aromatic heterocycles. The van der Waals surface area contributed by atoms with Gasteiger partial charge in [0.15, 0.2) is 0 Å². The molecule has 0 aromatic carbocycles. The first-order chi connectivity index (χ1) is 6.70. The van der Waals surface area contributed by atoms with Crippen LogP contribution in [0.15, 0.2) is 25.5 Å². The minimum Gasteiger partial charge on any atom is -0.435 e. The number of carbonyl (C=O) groups excluding carboxylic acids is 2. The fraction of sp³-hybridized carbons (Fsp3) is 0.400. The van der Waals surface area contributed by atoms with E-state index in [1.54, 1.807) is 0 Å². The molecule has 1 fully saturated rings. The van der Waals surface area contributed by atoms with Crippen LogP contribution in [-0.4, -0.2) is 18.4 Å². The van der Waals surface area contributed by atoms with Crippen molar-refractivity contribution in [2.24, 2.45) is 11.8 Å². The van der Waals surface area contributed by atoms with E-state index in [9.17, 15) is 9.59 Å². The van der Waals surface area contributed by atoms with E-state index in [2.05, 4.69) is 23.2 Å². The molecule has 76 valence electrons. The highest BCUT2D eigenvalue weighted by molar-refractivity contribution is 5.87. The van der Waals surface area contributed by atoms with Gasteiger partial charge < -0.3 is 10.1 Å². The first-order valence-electron chi connectivity index (χ1n) is 4.42. The van der Waals surface area contributed by atoms with E-state index in [4.69, 9.17) is 0 Å². The van der Waals surface area contributed by atoms with Crippen LogP contribution in [0.5, 0.6) is 0 Å². The minimum atomic E-state index is -0.574. The summed E-state index contributed by atoms with van der Waals surface area (Å²) in [6.45, 7) is 7.42. The molecule has 0 aliphatic carbocycles. The lowest BCUT2D eigenvalue weighted by Gasteiger charge is -2.14. The molecule has 1 aliphatic heterocycles. The van der Waals surface area contributed by atoms with Crippen LogP contribution in [-0.2, 0) is 14.3 Å². The molecule has 0 saturated carbocycles. The van der Waals surface area contributed by atoms with Gasteiger partial charge in [0.1, 0.15) is 0 Å². The van der Waals surface area contributed by atoms with E-state index in [1.165, 1.54) is 6.08 Å². The quantitative estimate of drug-likeness (QED) is 0.406. The number of hydrogen-bond acceptors (Lipinski definition) is 3. The van der Waals surface area contributed by atoms with Gasteiger partial charge in [-0.1, -0.05) is 12.7 Å². The van der Waals surface area contributed by atoms with Crippen molar-refractivity contribution in [3.63, 3.8) is 0 Å². The van der Waals surface area contributed by atoms with E-state index in [0.29, 0.717) is 13.0 Å². The SMILES string of the molecule is C=COC(=O)C(C=C)C1CCNC1=O. The molecular formula is C10H13NO3. The van der Waals surface area contributed by atoms with Crippen molar-refractivity contribution in [3.8, 4) is 0 Å². The smallest absolute Gasteiger partial charge is 0.318 e. The summed E-state index contributed by atoms with van der Waals surface area (Å²) in [6.07, 6.45) is 3.15. The fourth-order valence-electron chi connectivity index (χ4n) is 1.54. The van der Waals surface area contributed by atoms with Crippen LogP contribution in [0.3, 0.4) is 0 Å². The third kappa shape index (κ3) is 2.02. The van der Waals surface area contributed by atoms with Gasteiger partial charge in [-0.05, 0) is 6.42 Å². The Morgan fingerprint density at radius 1 is 1.64 bits per heavy atom. The van der Waals surface area contributed by atoms with Gasteiger partial charge in [-0.2, -0.15) is 0 Å². The molecule has 4 heteroatoms. The molecular weight excluding hydrogens is 182 g/mol. The van der Waals surface area contributed by atoms with Crippen LogP contribution in [0.2, 0.25) is 0 Å². The second-order valence-electron chi connectivity index (χ2n) is 3.05. The Hall–Kier alpha value is -1.58. The molecule has 2 unspecified atom stereocenters. The molecule has 0 aromatic rings. The highest BCUT2D eigenvalue weighted by atomic mass is 16.5. The highest BCUT2D eigenvalue weighted by Gasteiger charge is 2.35. The van der Waals surface area contributed by atoms with Crippen molar-refractivity contribution in [1.29, 1.82) is 0 Å². The molecule has 1 N–H and O–H groups in total. The summed E-state index contributed by atoms with van der Waals surface area (Å²) in [6, 6.07) is 0. The monoisotopic (exact) mass is 195 g/mol. The predicted octanol–water partition coefficient (Wildman–Crippen LogP) is 0.611. The number of ether oxygens (including phenoxy) is 1. The van der Waals surface area contributed by atoms with E-state index >= 15 is 0 Å². The third-order valence-electron chi connectivity index (χ3n) is 2.25. The van der Waals surface area contributed by atoms with Gasteiger partial charge in [-0.25, -0.2) is 0 Å². The molecule has 1 heterocycles. The lowest BCUT2D eigenvalue weighted by atomic mass is 9.91. The lowest BCUT2D eigenvalue weighted by Crippen LogP contribution is -2.29. The summed E-state index contributed by atoms with van der Waals surface area (Å²) in [5.41, 5.74) is 0. The van der Waals surface area contributed by atoms with Gasteiger partial charge in [0, 0.05) is 6.54 Å². The molecule has 1 aliphatic rings. The van der Waals surface area contributed by atoms with E-state index in [1.807, 2.05) is 0 Å². The van der Waals surface area contributed by atoms with Gasteiger partial charge in [0.2, 0.25) is 5.91 Å². The second kappa shape index (κ2) is 4.60. The molecule has 1 rings (SSSR count). The summed E-state index contributed by atoms with van der Waals surface area (Å²) >= 11 is 0. The maximum atomic E-state index is 11.4. The maximum absolute atomic E-state index is 11.4. The first kappa shape index (κ1) is 10.5. The van der Waals surface area contributed by atoms with Crippen LogP contribution in [0.4, 0.5) is 0 Å². The number of esters is 1. The van der Waals surface area contributed by atoms with Crippen molar-refractivity contribution < 1.29 is 14.3 Å². The van der Waals surface area contributed by atoms with Crippen molar-refractivity contribution in [2.75, 3.05) is 6.54 Å². The highest BCUT2D eigenvalue weighted by Crippen LogP contribution is 2.22. The van der Waals surface area contributed by atoms with Gasteiger partial charge in [-0.15, -0.1) is 6.58 Å². The van der Waals surface area contributed by atoms with Gasteiger partial charge in [0.25, 0.3) is 0 Å². The summed E-state index contributed by atoms with van der Waals surface area (Å²) in [5.74, 6) is -1.51. The number of rotatable bonds is 4. The van der Waals surface area contributed by atoms with Crippen LogP contribution in [0.1, 0.15) is 6.42 Å². The van der Waals surface area contributed by atoms with Crippen LogP contribution in [0, 0.1) is 11.8 Å². The number of hydrogen-bond donors (Lipinski definition) is 1. The molecule has 1 amide bonds. The average molecular weight is 195 g/mol. The average Bonchev–Trinajstić information content (AvgIpc) is 2.54. The van der Waals surface area contributed by atoms with E-state index < -0.39 is 11.9 Å². The summed E-state index contributed by atoms with van der Waals surface area (Å²) < 4.78 is 4.63. The maximum Gasteiger partial charge on any atom is 0.318 e. The van der Waals surface area contributed by atoms with Crippen molar-refractivity contribution in [1.82, 2.24) is 5.32 Å². The van der Waals surface area contributed by atoms with Gasteiger partial charge >= 0.3 is 5.97 Å². The second-order valence-corrected chi connectivity index (χ2v) is 3.05. The lowest BCUT2D eigenvalue weighted by molar-refractivity contribution is -0.145. The van der Waals surface area contributed by atoms with Crippen molar-refractivity contribution >= 4 is 11.9 Å². The number of carbonyl (C=O) groups is 2. The molecule has 0 radical (unpaired) electrons. The van der Waals surface area contributed by atoms with Gasteiger partial charge in [-0.3, -0.25) is 9.59 Å². The molecule has 1 saturated heterocycles. The standard InChI is InChI=1S/C10H13NO3/c1-3-7(10(13)14-4-2)8-5-6-11-9(8)12/h3-4,7-8H,1-2,5-6H2,(H,11,12). The van der Waals surface area contributed by atoms with Crippen molar-refractivity contribution in [2.45, 2.75) is 6.42 Å². The topological polar surface area (TPSA) is 55.4 Å². The van der Waals surface area contributed by atoms with Crippen LogP contribution in [0.25, 0.3) is 0 Å². The molecule has 2 atom stereocenters. The van der Waals surface area contributed by atoms with Crippen LogP contribution >= 0.6 is 0 Å². The Kier molecular flexibility index (Phi) is 3.45. The first-order valence-corrected chi connectivity index (χ1v) is 4.42. The van der Waals surface area contributed by atoms with Crippen molar-refractivity contribution in [3.05, 3.63) is 25.5 Å². The van der Waals surface area contributed by atoms with Gasteiger partial charge in [0.05, 0.1) is 18.1 Å². The summed E-state index contributed by atoms with van der Waals surface area (Å²) in [7, 11) is 0. The van der Waals surface area contributed by atoms with E-state index in [0.717, 1.165) is 6.26 Å².